The molecule has 1 aromatic carbocycles. The molecular formula is C20H21N3O6. The number of imide groups is 1. The normalized spacial score (nSPS) is 17.5. The lowest BCUT2D eigenvalue weighted by Gasteiger charge is -2.13. The molecule has 4 amide bonds. The van der Waals surface area contributed by atoms with Gasteiger partial charge in [-0.25, -0.2) is 4.79 Å². The summed E-state index contributed by atoms with van der Waals surface area (Å²) in [6, 6.07) is 7.76. The third kappa shape index (κ3) is 4.34. The lowest BCUT2D eigenvalue weighted by molar-refractivity contribution is -0.128. The topological polar surface area (TPSA) is 110 Å². The number of hydrogen-bond acceptors (Lipinski definition) is 6. The Balaban J connectivity index is 1.25. The van der Waals surface area contributed by atoms with Gasteiger partial charge < -0.3 is 24.5 Å². The first kappa shape index (κ1) is 18.9. The maximum Gasteiger partial charge on any atom is 0.325 e. The van der Waals surface area contributed by atoms with Crippen LogP contribution in [0.25, 0.3) is 0 Å². The van der Waals surface area contributed by atoms with E-state index >= 15 is 0 Å². The predicted octanol–water partition coefficient (Wildman–Crippen LogP) is 1.57. The fraction of sp³-hybridized carbons (Fsp3) is 0.350. The van der Waals surface area contributed by atoms with Crippen LogP contribution in [0.15, 0.2) is 41.0 Å². The third-order valence-electron chi connectivity index (χ3n) is 4.82. The van der Waals surface area contributed by atoms with Crippen LogP contribution >= 0.6 is 0 Å². The first-order valence-corrected chi connectivity index (χ1v) is 9.39. The van der Waals surface area contributed by atoms with Gasteiger partial charge in [0.25, 0.3) is 5.91 Å². The van der Waals surface area contributed by atoms with Crippen molar-refractivity contribution in [1.82, 2.24) is 15.5 Å². The number of benzene rings is 1. The Bertz CT molecular complexity index is 911. The average Bonchev–Trinajstić information content (AvgIpc) is 3.44. The predicted molar refractivity (Wildman–Crippen MR) is 100 cm³/mol. The summed E-state index contributed by atoms with van der Waals surface area (Å²) in [5, 5.41) is 5.43. The summed E-state index contributed by atoms with van der Waals surface area (Å²) in [4.78, 5) is 37.9. The van der Waals surface area contributed by atoms with Gasteiger partial charge in [-0.2, -0.15) is 0 Å². The molecule has 0 bridgehead atoms. The Morgan fingerprint density at radius 3 is 2.90 bits per heavy atom. The van der Waals surface area contributed by atoms with Gasteiger partial charge in [0, 0.05) is 19.4 Å². The lowest BCUT2D eigenvalue weighted by Crippen LogP contribution is -2.33. The van der Waals surface area contributed by atoms with Gasteiger partial charge in [0.05, 0.1) is 12.8 Å². The smallest absolute Gasteiger partial charge is 0.325 e. The van der Waals surface area contributed by atoms with Crippen molar-refractivity contribution in [3.63, 3.8) is 0 Å². The number of carbonyl (C=O) groups is 3. The number of amides is 4. The number of fused-ring (bicyclic) bond motifs is 1. The number of urea groups is 1. The number of nitrogens with one attached hydrogen (secondary N) is 2. The van der Waals surface area contributed by atoms with Crippen molar-refractivity contribution in [2.24, 2.45) is 0 Å². The standard InChI is InChI=1S/C20H21N3O6/c24-18(21-8-7-14-2-1-9-27-14)6-4-15-19(25)23(20(26)22-15)11-13-3-5-16-17(10-13)29-12-28-16/h1-3,5,9-10,15H,4,6-8,11-12H2,(H,21,24)(H,22,26)/t15-/m1/s1. The zero-order valence-corrected chi connectivity index (χ0v) is 15.7. The molecule has 29 heavy (non-hydrogen) atoms. The molecule has 2 aliphatic rings. The van der Waals surface area contributed by atoms with Crippen molar-refractivity contribution in [2.75, 3.05) is 13.3 Å². The largest absolute Gasteiger partial charge is 0.469 e. The van der Waals surface area contributed by atoms with Crippen LogP contribution in [0.3, 0.4) is 0 Å². The summed E-state index contributed by atoms with van der Waals surface area (Å²) in [6.07, 6.45) is 2.57. The Hall–Kier alpha value is -3.49. The molecule has 0 radical (unpaired) electrons. The van der Waals surface area contributed by atoms with Crippen LogP contribution in [0.5, 0.6) is 11.5 Å². The van der Waals surface area contributed by atoms with Gasteiger partial charge in [-0.3, -0.25) is 14.5 Å². The van der Waals surface area contributed by atoms with Crippen molar-refractivity contribution in [1.29, 1.82) is 0 Å². The van der Waals surface area contributed by atoms with Crippen molar-refractivity contribution in [3.8, 4) is 11.5 Å². The van der Waals surface area contributed by atoms with E-state index in [0.717, 1.165) is 16.2 Å². The third-order valence-corrected chi connectivity index (χ3v) is 4.82. The Morgan fingerprint density at radius 2 is 2.07 bits per heavy atom. The molecule has 4 rings (SSSR count). The van der Waals surface area contributed by atoms with Crippen LogP contribution in [0.2, 0.25) is 0 Å². The number of carbonyl (C=O) groups excluding carboxylic acids is 3. The summed E-state index contributed by atoms with van der Waals surface area (Å²) in [6.45, 7) is 0.744. The number of nitrogens with zero attached hydrogens (tertiary/aromatic N) is 1. The van der Waals surface area contributed by atoms with Gasteiger partial charge in [-0.05, 0) is 36.2 Å². The minimum atomic E-state index is -0.702. The molecule has 2 aliphatic heterocycles. The molecule has 3 heterocycles. The van der Waals surface area contributed by atoms with Crippen LogP contribution < -0.4 is 20.1 Å². The molecule has 0 aliphatic carbocycles. The monoisotopic (exact) mass is 399 g/mol. The van der Waals surface area contributed by atoms with E-state index in [9.17, 15) is 14.4 Å². The van der Waals surface area contributed by atoms with Crippen molar-refractivity contribution in [3.05, 3.63) is 47.9 Å². The van der Waals surface area contributed by atoms with Crippen LogP contribution in [0, 0.1) is 0 Å². The van der Waals surface area contributed by atoms with Gasteiger partial charge >= 0.3 is 6.03 Å². The van der Waals surface area contributed by atoms with Crippen molar-refractivity contribution < 1.29 is 28.3 Å². The highest BCUT2D eigenvalue weighted by atomic mass is 16.7. The number of rotatable bonds is 8. The molecule has 2 aromatic rings. The number of furan rings is 1. The average molecular weight is 399 g/mol. The molecule has 9 heteroatoms. The molecule has 0 spiro atoms. The van der Waals surface area contributed by atoms with Crippen LogP contribution in [-0.2, 0) is 22.6 Å². The van der Waals surface area contributed by atoms with E-state index in [1.807, 2.05) is 6.07 Å². The molecule has 0 saturated carbocycles. The van der Waals surface area contributed by atoms with E-state index in [0.29, 0.717) is 24.5 Å². The van der Waals surface area contributed by atoms with E-state index in [-0.39, 0.29) is 38.0 Å². The molecule has 1 atom stereocenters. The van der Waals surface area contributed by atoms with Gasteiger partial charge in [0.2, 0.25) is 12.7 Å². The van der Waals surface area contributed by atoms with Gasteiger partial charge in [0.15, 0.2) is 11.5 Å². The highest BCUT2D eigenvalue weighted by Crippen LogP contribution is 2.33. The zero-order chi connectivity index (χ0) is 20.2. The Morgan fingerprint density at radius 1 is 1.21 bits per heavy atom. The Kier molecular flexibility index (Phi) is 5.37. The van der Waals surface area contributed by atoms with E-state index in [2.05, 4.69) is 10.6 Å². The minimum Gasteiger partial charge on any atom is -0.469 e. The maximum absolute atomic E-state index is 12.6. The van der Waals surface area contributed by atoms with E-state index in [1.54, 1.807) is 30.5 Å². The lowest BCUT2D eigenvalue weighted by atomic mass is 10.1. The van der Waals surface area contributed by atoms with E-state index in [1.165, 1.54) is 0 Å². The highest BCUT2D eigenvalue weighted by Gasteiger charge is 2.38. The highest BCUT2D eigenvalue weighted by molar-refractivity contribution is 6.04. The summed E-state index contributed by atoms with van der Waals surface area (Å²) in [7, 11) is 0. The summed E-state index contributed by atoms with van der Waals surface area (Å²) in [5.41, 5.74) is 0.758. The molecule has 0 unspecified atom stereocenters. The summed E-state index contributed by atoms with van der Waals surface area (Å²) in [5.74, 6) is 1.52. The zero-order valence-electron chi connectivity index (χ0n) is 15.7. The first-order valence-electron chi connectivity index (χ1n) is 9.39. The fourth-order valence-corrected chi connectivity index (χ4v) is 3.29. The SMILES string of the molecule is O=C(CC[C@H]1NC(=O)N(Cc2ccc3c(c2)OCO3)C1=O)NCCc1ccco1. The van der Waals surface area contributed by atoms with Crippen LogP contribution in [0.1, 0.15) is 24.2 Å². The number of ether oxygens (including phenoxy) is 2. The Labute approximate surface area is 166 Å². The van der Waals surface area contributed by atoms with Gasteiger partial charge in [-0.15, -0.1) is 0 Å². The fourth-order valence-electron chi connectivity index (χ4n) is 3.29. The molecular weight excluding hydrogens is 378 g/mol. The molecule has 1 aromatic heterocycles. The number of hydrogen-bond donors (Lipinski definition) is 2. The summed E-state index contributed by atoms with van der Waals surface area (Å²) >= 11 is 0. The molecule has 9 nitrogen and oxygen atoms in total. The second-order valence-electron chi connectivity index (χ2n) is 6.83. The second kappa shape index (κ2) is 8.26. The molecule has 1 saturated heterocycles. The quantitative estimate of drug-likeness (QED) is 0.652. The van der Waals surface area contributed by atoms with Crippen LogP contribution in [0.4, 0.5) is 4.79 Å². The maximum atomic E-state index is 12.6. The van der Waals surface area contributed by atoms with Gasteiger partial charge in [-0.1, -0.05) is 6.07 Å². The van der Waals surface area contributed by atoms with Crippen LogP contribution in [-0.4, -0.2) is 42.1 Å². The first-order chi connectivity index (χ1) is 14.1. The molecule has 152 valence electrons. The van der Waals surface area contributed by atoms with Crippen molar-refractivity contribution in [2.45, 2.75) is 31.8 Å². The van der Waals surface area contributed by atoms with E-state index in [4.69, 9.17) is 13.9 Å². The molecule has 2 N–H and O–H groups in total. The minimum absolute atomic E-state index is 0.132. The van der Waals surface area contributed by atoms with Crippen molar-refractivity contribution >= 4 is 17.8 Å². The second-order valence-corrected chi connectivity index (χ2v) is 6.83. The molecule has 1 fully saturated rings. The van der Waals surface area contributed by atoms with E-state index < -0.39 is 12.1 Å². The van der Waals surface area contributed by atoms with Gasteiger partial charge in [0.1, 0.15) is 11.8 Å². The summed E-state index contributed by atoms with van der Waals surface area (Å²) < 4.78 is 15.8.